The van der Waals surface area contributed by atoms with Gasteiger partial charge in [0.1, 0.15) is 11.3 Å². The summed E-state index contributed by atoms with van der Waals surface area (Å²) in [6.45, 7) is 2.92. The number of methoxy groups -OCH3 is 2. The summed E-state index contributed by atoms with van der Waals surface area (Å²) in [5.41, 5.74) is -0.272. The van der Waals surface area contributed by atoms with Crippen LogP contribution in [0.25, 0.3) is 0 Å². The Morgan fingerprint density at radius 3 is 2.78 bits per heavy atom. The van der Waals surface area contributed by atoms with Gasteiger partial charge in [-0.05, 0) is 31.9 Å². The molecule has 1 saturated heterocycles. The largest absolute Gasteiger partial charge is 0.495 e. The fourth-order valence-corrected chi connectivity index (χ4v) is 2.89. The van der Waals surface area contributed by atoms with Gasteiger partial charge in [0.25, 0.3) is 0 Å². The summed E-state index contributed by atoms with van der Waals surface area (Å²) in [4.78, 5) is 26.6. The monoisotopic (exact) mass is 320 g/mol. The molecule has 126 valence electrons. The Morgan fingerprint density at radius 1 is 1.35 bits per heavy atom. The van der Waals surface area contributed by atoms with Crippen molar-refractivity contribution in [1.82, 2.24) is 5.32 Å². The van der Waals surface area contributed by atoms with Crippen molar-refractivity contribution in [3.05, 3.63) is 24.3 Å². The van der Waals surface area contributed by atoms with Crippen LogP contribution in [-0.2, 0) is 14.3 Å². The molecule has 6 heteroatoms. The van der Waals surface area contributed by atoms with Crippen molar-refractivity contribution in [2.24, 2.45) is 0 Å². The fraction of sp³-hybridized carbons (Fsp3) is 0.529. The zero-order valence-corrected chi connectivity index (χ0v) is 13.9. The first-order chi connectivity index (χ1) is 11.0. The average Bonchev–Trinajstić information content (AvgIpc) is 2.87. The quantitative estimate of drug-likeness (QED) is 0.777. The molecule has 1 N–H and O–H groups in total. The van der Waals surface area contributed by atoms with Gasteiger partial charge in [-0.15, -0.1) is 0 Å². The van der Waals surface area contributed by atoms with Crippen molar-refractivity contribution < 1.29 is 19.1 Å². The smallest absolute Gasteiger partial charge is 0.246 e. The summed E-state index contributed by atoms with van der Waals surface area (Å²) in [7, 11) is 3.18. The number of hydrogen-bond acceptors (Lipinski definition) is 4. The number of anilines is 1. The highest BCUT2D eigenvalue weighted by atomic mass is 16.5. The minimum absolute atomic E-state index is 0.0657. The van der Waals surface area contributed by atoms with E-state index in [1.807, 2.05) is 12.1 Å². The molecule has 0 aromatic heterocycles. The van der Waals surface area contributed by atoms with Gasteiger partial charge < -0.3 is 14.8 Å². The third-order valence-corrected chi connectivity index (χ3v) is 4.19. The molecular weight excluding hydrogens is 296 g/mol. The average molecular weight is 320 g/mol. The lowest BCUT2D eigenvalue weighted by Crippen LogP contribution is -2.55. The zero-order valence-electron chi connectivity index (χ0n) is 13.9. The van der Waals surface area contributed by atoms with Crippen LogP contribution in [0.15, 0.2) is 24.3 Å². The van der Waals surface area contributed by atoms with Crippen molar-refractivity contribution in [3.63, 3.8) is 0 Å². The molecule has 0 aliphatic carbocycles. The Balaban J connectivity index is 2.22. The third kappa shape index (κ3) is 3.47. The number of hydrogen-bond donors (Lipinski definition) is 1. The molecule has 2 amide bonds. The van der Waals surface area contributed by atoms with Crippen LogP contribution in [0.4, 0.5) is 5.69 Å². The van der Waals surface area contributed by atoms with Crippen LogP contribution >= 0.6 is 0 Å². The number of para-hydroxylation sites is 2. The van der Waals surface area contributed by atoms with Gasteiger partial charge in [0.05, 0.1) is 12.8 Å². The van der Waals surface area contributed by atoms with Crippen LogP contribution in [0.2, 0.25) is 0 Å². The molecule has 23 heavy (non-hydrogen) atoms. The molecular formula is C17H24N2O4. The van der Waals surface area contributed by atoms with Gasteiger partial charge in [0.2, 0.25) is 11.8 Å². The number of ether oxygens (including phenoxy) is 2. The van der Waals surface area contributed by atoms with Crippen LogP contribution in [0, 0.1) is 0 Å². The van der Waals surface area contributed by atoms with Crippen LogP contribution < -0.4 is 15.0 Å². The number of carbonyl (C=O) groups excluding carboxylic acids is 2. The number of rotatable bonds is 7. The predicted octanol–water partition coefficient (Wildman–Crippen LogP) is 1.73. The molecule has 1 heterocycles. The summed E-state index contributed by atoms with van der Waals surface area (Å²) in [6.07, 6.45) is 1.57. The Bertz CT molecular complexity index is 575. The van der Waals surface area contributed by atoms with Crippen molar-refractivity contribution in [3.8, 4) is 5.75 Å². The molecule has 0 radical (unpaired) electrons. The standard InChI is InChI=1S/C17H24N2O4/c1-17(16(21)18-11-6-12-22-2)10-9-15(20)19(17)13-7-4-5-8-14(13)23-3/h4-5,7-8H,6,9-12H2,1-3H3,(H,18,21). The molecule has 6 nitrogen and oxygen atoms in total. The molecule has 1 unspecified atom stereocenters. The van der Waals surface area contributed by atoms with E-state index in [0.717, 1.165) is 6.42 Å². The molecule has 1 aromatic rings. The number of carbonyl (C=O) groups is 2. The van der Waals surface area contributed by atoms with E-state index in [2.05, 4.69) is 5.32 Å². The van der Waals surface area contributed by atoms with Gasteiger partial charge in [-0.2, -0.15) is 0 Å². The normalized spacial score (nSPS) is 20.7. The molecule has 1 aromatic carbocycles. The number of nitrogens with zero attached hydrogens (tertiary/aromatic N) is 1. The first kappa shape index (κ1) is 17.3. The van der Waals surface area contributed by atoms with Crippen LogP contribution in [0.3, 0.4) is 0 Å². The van der Waals surface area contributed by atoms with E-state index >= 15 is 0 Å². The lowest BCUT2D eigenvalue weighted by Gasteiger charge is -2.34. The number of nitrogens with one attached hydrogen (secondary N) is 1. The van der Waals surface area contributed by atoms with Crippen molar-refractivity contribution >= 4 is 17.5 Å². The molecule has 1 fully saturated rings. The number of amides is 2. The Hall–Kier alpha value is -2.08. The summed E-state index contributed by atoms with van der Waals surface area (Å²) in [6, 6.07) is 7.27. The van der Waals surface area contributed by atoms with Crippen LogP contribution in [-0.4, -0.2) is 44.7 Å². The lowest BCUT2D eigenvalue weighted by molar-refractivity contribution is -0.127. The van der Waals surface area contributed by atoms with Gasteiger partial charge in [-0.1, -0.05) is 12.1 Å². The van der Waals surface area contributed by atoms with Crippen molar-refractivity contribution in [1.29, 1.82) is 0 Å². The maximum atomic E-state index is 12.7. The molecule has 0 saturated carbocycles. The van der Waals surface area contributed by atoms with E-state index in [1.165, 1.54) is 0 Å². The molecule has 0 spiro atoms. The van der Waals surface area contributed by atoms with Crippen LogP contribution in [0.1, 0.15) is 26.2 Å². The molecule has 1 atom stereocenters. The van der Waals surface area contributed by atoms with E-state index in [9.17, 15) is 9.59 Å². The Morgan fingerprint density at radius 2 is 2.09 bits per heavy atom. The molecule has 2 rings (SSSR count). The van der Waals surface area contributed by atoms with Crippen LogP contribution in [0.5, 0.6) is 5.75 Å². The van der Waals surface area contributed by atoms with E-state index in [0.29, 0.717) is 37.4 Å². The minimum Gasteiger partial charge on any atom is -0.495 e. The summed E-state index contributed by atoms with van der Waals surface area (Å²) in [5.74, 6) is 0.371. The molecule has 0 bridgehead atoms. The minimum atomic E-state index is -0.904. The second-order valence-electron chi connectivity index (χ2n) is 5.78. The number of benzene rings is 1. The third-order valence-electron chi connectivity index (χ3n) is 4.19. The summed E-state index contributed by atoms with van der Waals surface area (Å²) in [5, 5.41) is 2.90. The second kappa shape index (κ2) is 7.46. The van der Waals surface area contributed by atoms with E-state index in [-0.39, 0.29) is 11.8 Å². The SMILES string of the molecule is COCCCNC(=O)C1(C)CCC(=O)N1c1ccccc1OC. The second-order valence-corrected chi connectivity index (χ2v) is 5.78. The molecule has 1 aliphatic heterocycles. The van der Waals surface area contributed by atoms with E-state index < -0.39 is 5.54 Å². The van der Waals surface area contributed by atoms with Gasteiger partial charge in [0, 0.05) is 26.7 Å². The maximum Gasteiger partial charge on any atom is 0.246 e. The zero-order chi connectivity index (χ0) is 16.9. The Labute approximate surface area is 136 Å². The van der Waals surface area contributed by atoms with Gasteiger partial charge in [-0.25, -0.2) is 0 Å². The first-order valence-electron chi connectivity index (χ1n) is 7.78. The topological polar surface area (TPSA) is 67.9 Å². The maximum absolute atomic E-state index is 12.7. The van der Waals surface area contributed by atoms with Crippen molar-refractivity contribution in [2.45, 2.75) is 31.7 Å². The van der Waals surface area contributed by atoms with Gasteiger partial charge in [-0.3, -0.25) is 14.5 Å². The van der Waals surface area contributed by atoms with E-state index in [1.54, 1.807) is 38.2 Å². The highest BCUT2D eigenvalue weighted by molar-refractivity contribution is 6.07. The molecule has 1 aliphatic rings. The summed E-state index contributed by atoms with van der Waals surface area (Å²) >= 11 is 0. The first-order valence-corrected chi connectivity index (χ1v) is 7.78. The highest BCUT2D eigenvalue weighted by Gasteiger charge is 2.48. The van der Waals surface area contributed by atoms with Gasteiger partial charge in [0.15, 0.2) is 0 Å². The fourth-order valence-electron chi connectivity index (χ4n) is 2.89. The van der Waals surface area contributed by atoms with Crippen molar-refractivity contribution in [2.75, 3.05) is 32.3 Å². The predicted molar refractivity (Wildman–Crippen MR) is 87.6 cm³/mol. The van der Waals surface area contributed by atoms with E-state index in [4.69, 9.17) is 9.47 Å². The van der Waals surface area contributed by atoms with Gasteiger partial charge >= 0.3 is 0 Å². The summed E-state index contributed by atoms with van der Waals surface area (Å²) < 4.78 is 10.3. The Kier molecular flexibility index (Phi) is 5.60. The highest BCUT2D eigenvalue weighted by Crippen LogP contribution is 2.39. The lowest BCUT2D eigenvalue weighted by atomic mass is 9.97.